The number of ether oxygens (including phenoxy) is 2. The predicted octanol–water partition coefficient (Wildman–Crippen LogP) is 3.64. The first-order valence-electron chi connectivity index (χ1n) is 7.23. The fourth-order valence-electron chi connectivity index (χ4n) is 2.64. The minimum Gasteiger partial charge on any atom is -0.497 e. The number of nitrogens with zero attached hydrogens (tertiary/aromatic N) is 1. The molecule has 1 aromatic carbocycles. The molecule has 1 aromatic heterocycles. The van der Waals surface area contributed by atoms with Crippen molar-refractivity contribution in [2.45, 2.75) is 25.3 Å². The summed E-state index contributed by atoms with van der Waals surface area (Å²) in [7, 11) is 3.33. The maximum atomic E-state index is 5.47. The van der Waals surface area contributed by atoms with E-state index < -0.39 is 0 Å². The van der Waals surface area contributed by atoms with Crippen molar-refractivity contribution in [3.05, 3.63) is 28.6 Å². The average Bonchev–Trinajstić information content (AvgIpc) is 3.04. The standard InChI is InChI=1S/C16H20N2O2S/c1-19-11-6-7-12(15(9-11)20-2)14-10-21-16(18-14)13-5-3-4-8-17-13/h6-7,9-10,13,17H,3-5,8H2,1-2H3. The minimum absolute atomic E-state index is 0.404. The fraction of sp³-hybridized carbons (Fsp3) is 0.438. The Kier molecular flexibility index (Phi) is 4.41. The van der Waals surface area contributed by atoms with Gasteiger partial charge >= 0.3 is 0 Å². The smallest absolute Gasteiger partial charge is 0.131 e. The Morgan fingerprint density at radius 3 is 2.86 bits per heavy atom. The number of hydrogen-bond acceptors (Lipinski definition) is 5. The van der Waals surface area contributed by atoms with Gasteiger partial charge in [0.05, 0.1) is 26.0 Å². The highest BCUT2D eigenvalue weighted by molar-refractivity contribution is 7.10. The maximum Gasteiger partial charge on any atom is 0.131 e. The van der Waals surface area contributed by atoms with E-state index in [1.807, 2.05) is 18.2 Å². The molecular weight excluding hydrogens is 284 g/mol. The minimum atomic E-state index is 0.404. The summed E-state index contributed by atoms with van der Waals surface area (Å²) in [6.45, 7) is 1.09. The zero-order valence-corrected chi connectivity index (χ0v) is 13.2. The molecule has 1 N–H and O–H groups in total. The molecule has 112 valence electrons. The third kappa shape index (κ3) is 3.04. The molecule has 0 saturated carbocycles. The molecule has 2 heterocycles. The summed E-state index contributed by atoms with van der Waals surface area (Å²) in [4.78, 5) is 4.80. The Morgan fingerprint density at radius 1 is 1.24 bits per heavy atom. The van der Waals surface area contributed by atoms with Gasteiger partial charge in [0.15, 0.2) is 0 Å². The molecule has 0 amide bonds. The van der Waals surface area contributed by atoms with E-state index >= 15 is 0 Å². The second-order valence-corrected chi connectivity index (χ2v) is 6.03. The summed E-state index contributed by atoms with van der Waals surface area (Å²) in [6.07, 6.45) is 3.71. The first-order chi connectivity index (χ1) is 10.3. The Hall–Kier alpha value is -1.59. The number of aromatic nitrogens is 1. The van der Waals surface area contributed by atoms with Gasteiger partial charge in [0.25, 0.3) is 0 Å². The molecule has 5 heteroatoms. The van der Waals surface area contributed by atoms with Crippen LogP contribution in [0, 0.1) is 0 Å². The molecule has 0 aliphatic carbocycles. The van der Waals surface area contributed by atoms with Gasteiger partial charge in [-0.25, -0.2) is 4.98 Å². The van der Waals surface area contributed by atoms with E-state index in [-0.39, 0.29) is 0 Å². The van der Waals surface area contributed by atoms with E-state index in [4.69, 9.17) is 14.5 Å². The number of hydrogen-bond donors (Lipinski definition) is 1. The van der Waals surface area contributed by atoms with Gasteiger partial charge in [-0.15, -0.1) is 11.3 Å². The Labute approximate surface area is 129 Å². The zero-order chi connectivity index (χ0) is 14.7. The highest BCUT2D eigenvalue weighted by Gasteiger charge is 2.19. The summed E-state index contributed by atoms with van der Waals surface area (Å²) >= 11 is 1.72. The van der Waals surface area contributed by atoms with Crippen molar-refractivity contribution in [1.29, 1.82) is 0 Å². The van der Waals surface area contributed by atoms with Crippen LogP contribution in [-0.2, 0) is 0 Å². The van der Waals surface area contributed by atoms with Crippen molar-refractivity contribution in [2.75, 3.05) is 20.8 Å². The number of piperidine rings is 1. The van der Waals surface area contributed by atoms with Crippen LogP contribution in [0.4, 0.5) is 0 Å². The van der Waals surface area contributed by atoms with Gasteiger partial charge in [0, 0.05) is 17.0 Å². The largest absolute Gasteiger partial charge is 0.497 e. The topological polar surface area (TPSA) is 43.4 Å². The van der Waals surface area contributed by atoms with E-state index in [1.54, 1.807) is 25.6 Å². The van der Waals surface area contributed by atoms with Crippen LogP contribution in [0.3, 0.4) is 0 Å². The van der Waals surface area contributed by atoms with Gasteiger partial charge in [0.1, 0.15) is 16.5 Å². The van der Waals surface area contributed by atoms with Crippen molar-refractivity contribution in [2.24, 2.45) is 0 Å². The number of nitrogens with one attached hydrogen (secondary N) is 1. The number of thiazole rings is 1. The lowest BCUT2D eigenvalue weighted by atomic mass is 10.1. The Bertz CT molecular complexity index is 606. The van der Waals surface area contributed by atoms with Gasteiger partial charge in [0.2, 0.25) is 0 Å². The summed E-state index contributed by atoms with van der Waals surface area (Å²) in [5.41, 5.74) is 1.98. The molecule has 1 aliphatic rings. The first-order valence-corrected chi connectivity index (χ1v) is 8.11. The molecule has 0 radical (unpaired) electrons. The summed E-state index contributed by atoms with van der Waals surface area (Å²) in [5, 5.41) is 6.82. The van der Waals surface area contributed by atoms with Gasteiger partial charge in [-0.2, -0.15) is 0 Å². The molecule has 1 aliphatic heterocycles. The van der Waals surface area contributed by atoms with Gasteiger partial charge < -0.3 is 14.8 Å². The normalized spacial score (nSPS) is 18.5. The molecule has 1 saturated heterocycles. The highest BCUT2D eigenvalue weighted by atomic mass is 32.1. The molecule has 21 heavy (non-hydrogen) atoms. The number of methoxy groups -OCH3 is 2. The second-order valence-electron chi connectivity index (χ2n) is 5.14. The number of rotatable bonds is 4. The Balaban J connectivity index is 1.88. The summed E-state index contributed by atoms with van der Waals surface area (Å²) in [6, 6.07) is 6.25. The van der Waals surface area contributed by atoms with E-state index in [2.05, 4.69) is 10.7 Å². The van der Waals surface area contributed by atoms with Gasteiger partial charge in [-0.3, -0.25) is 0 Å². The molecule has 4 nitrogen and oxygen atoms in total. The molecule has 0 spiro atoms. The third-order valence-corrected chi connectivity index (χ3v) is 4.77. The fourth-order valence-corrected chi connectivity index (χ4v) is 3.57. The maximum absolute atomic E-state index is 5.47. The van der Waals surface area contributed by atoms with Gasteiger partial charge in [-0.1, -0.05) is 6.42 Å². The van der Waals surface area contributed by atoms with E-state index in [0.717, 1.165) is 29.3 Å². The molecule has 2 aromatic rings. The molecule has 1 fully saturated rings. The predicted molar refractivity (Wildman–Crippen MR) is 85.2 cm³/mol. The van der Waals surface area contributed by atoms with E-state index in [0.29, 0.717) is 6.04 Å². The molecule has 3 rings (SSSR count). The van der Waals surface area contributed by atoms with Crippen LogP contribution in [0.25, 0.3) is 11.3 Å². The quantitative estimate of drug-likeness (QED) is 0.936. The first kappa shape index (κ1) is 14.4. The molecule has 1 atom stereocenters. The van der Waals surface area contributed by atoms with E-state index in [9.17, 15) is 0 Å². The lowest BCUT2D eigenvalue weighted by Gasteiger charge is -2.21. The molecule has 1 unspecified atom stereocenters. The van der Waals surface area contributed by atoms with Crippen molar-refractivity contribution in [1.82, 2.24) is 10.3 Å². The average molecular weight is 304 g/mol. The van der Waals surface area contributed by atoms with Crippen LogP contribution in [0.2, 0.25) is 0 Å². The van der Waals surface area contributed by atoms with Crippen LogP contribution in [-0.4, -0.2) is 25.7 Å². The second kappa shape index (κ2) is 6.45. The lowest BCUT2D eigenvalue weighted by Crippen LogP contribution is -2.26. The summed E-state index contributed by atoms with van der Waals surface area (Å²) < 4.78 is 10.7. The van der Waals surface area contributed by atoms with Crippen LogP contribution in [0.5, 0.6) is 11.5 Å². The third-order valence-electron chi connectivity index (χ3n) is 3.82. The van der Waals surface area contributed by atoms with Crippen molar-refractivity contribution >= 4 is 11.3 Å². The SMILES string of the molecule is COc1ccc(-c2csc(C3CCCCN3)n2)c(OC)c1. The monoisotopic (exact) mass is 304 g/mol. The van der Waals surface area contributed by atoms with Crippen molar-refractivity contribution in [3.8, 4) is 22.8 Å². The van der Waals surface area contributed by atoms with Crippen LogP contribution in [0.15, 0.2) is 23.6 Å². The van der Waals surface area contributed by atoms with Crippen LogP contribution < -0.4 is 14.8 Å². The zero-order valence-electron chi connectivity index (χ0n) is 12.4. The van der Waals surface area contributed by atoms with Crippen LogP contribution in [0.1, 0.15) is 30.3 Å². The summed E-state index contributed by atoms with van der Waals surface area (Å²) in [5.74, 6) is 1.59. The van der Waals surface area contributed by atoms with Crippen LogP contribution >= 0.6 is 11.3 Å². The molecule has 0 bridgehead atoms. The lowest BCUT2D eigenvalue weighted by molar-refractivity contribution is 0.395. The Morgan fingerprint density at radius 2 is 2.14 bits per heavy atom. The number of benzene rings is 1. The van der Waals surface area contributed by atoms with E-state index in [1.165, 1.54) is 24.3 Å². The highest BCUT2D eigenvalue weighted by Crippen LogP contribution is 2.35. The molecular formula is C16H20N2O2S. The van der Waals surface area contributed by atoms with Crippen molar-refractivity contribution in [3.63, 3.8) is 0 Å². The van der Waals surface area contributed by atoms with Crippen molar-refractivity contribution < 1.29 is 9.47 Å². The van der Waals surface area contributed by atoms with Gasteiger partial charge in [-0.05, 0) is 31.5 Å².